The first-order chi connectivity index (χ1) is 3.31. The van der Waals surface area contributed by atoms with Crippen molar-refractivity contribution in [2.24, 2.45) is 0 Å². The van der Waals surface area contributed by atoms with Crippen LogP contribution in [-0.2, 0) is 0 Å². The Kier molecular flexibility index (Phi) is 3.35. The third kappa shape index (κ3) is 3.28. The largest absolute Gasteiger partial charge is 0.297 e. The molecule has 0 saturated heterocycles. The summed E-state index contributed by atoms with van der Waals surface area (Å²) in [6.45, 7) is 11.2. The van der Waals surface area contributed by atoms with Crippen LogP contribution >= 0.6 is 0 Å². The van der Waals surface area contributed by atoms with E-state index in [9.17, 15) is 0 Å². The number of nitrogens with zero attached hydrogens (tertiary/aromatic N) is 1. The van der Waals surface area contributed by atoms with Crippen LogP contribution in [0.25, 0.3) is 4.85 Å². The smallest absolute Gasteiger partial charge is 0.274 e. The third-order valence-electron chi connectivity index (χ3n) is 0.693. The van der Waals surface area contributed by atoms with Crippen molar-refractivity contribution in [2.75, 3.05) is 6.54 Å². The van der Waals surface area contributed by atoms with Crippen LogP contribution in [-0.4, -0.2) is 12.7 Å². The molecular weight excluding hydrogens is 88.1 g/mol. The van der Waals surface area contributed by atoms with Gasteiger partial charge >= 0.3 is 0 Å². The average Bonchev–Trinajstić information content (AvgIpc) is 1.68. The first-order valence-corrected chi connectivity index (χ1v) is 2.41. The van der Waals surface area contributed by atoms with Crippen LogP contribution in [0, 0.1) is 6.57 Å². The van der Waals surface area contributed by atoms with Crippen molar-refractivity contribution >= 4 is 0 Å². The van der Waals surface area contributed by atoms with E-state index in [2.05, 4.69) is 10.2 Å². The lowest BCUT2D eigenvalue weighted by Crippen LogP contribution is -2.21. The highest BCUT2D eigenvalue weighted by Crippen LogP contribution is 1.77. The van der Waals surface area contributed by atoms with Gasteiger partial charge in [0.15, 0.2) is 0 Å². The molecule has 0 bridgehead atoms. The van der Waals surface area contributed by atoms with Crippen LogP contribution in [0.5, 0.6) is 0 Å². The number of hydrogen-bond donors (Lipinski definition) is 1. The Hall–Kier alpha value is -0.550. The normalized spacial score (nSPS) is 12.7. The molecule has 0 aromatic carbocycles. The van der Waals surface area contributed by atoms with Gasteiger partial charge in [0.25, 0.3) is 6.17 Å². The van der Waals surface area contributed by atoms with Crippen molar-refractivity contribution in [3.8, 4) is 0 Å². The van der Waals surface area contributed by atoms with Crippen molar-refractivity contribution in [3.05, 3.63) is 11.4 Å². The van der Waals surface area contributed by atoms with Crippen LogP contribution < -0.4 is 5.32 Å². The topological polar surface area (TPSA) is 16.4 Å². The minimum absolute atomic E-state index is 0.00926. The molecule has 0 saturated carbocycles. The van der Waals surface area contributed by atoms with E-state index >= 15 is 0 Å². The lowest BCUT2D eigenvalue weighted by Gasteiger charge is -1.94. The zero-order valence-electron chi connectivity index (χ0n) is 4.73. The van der Waals surface area contributed by atoms with Gasteiger partial charge in [-0.3, -0.25) is 4.85 Å². The molecular formula is C5H10N2. The summed E-state index contributed by atoms with van der Waals surface area (Å²) >= 11 is 0. The van der Waals surface area contributed by atoms with Crippen LogP contribution in [0.1, 0.15) is 13.8 Å². The third-order valence-corrected chi connectivity index (χ3v) is 0.693. The van der Waals surface area contributed by atoms with Gasteiger partial charge in [0, 0.05) is 6.92 Å². The molecule has 0 aliphatic rings. The lowest BCUT2D eigenvalue weighted by atomic mass is 10.6. The summed E-state index contributed by atoms with van der Waals surface area (Å²) in [5.41, 5.74) is 0. The monoisotopic (exact) mass is 98.1 g/mol. The molecule has 0 heterocycles. The minimum Gasteiger partial charge on any atom is -0.297 e. The molecule has 2 heteroatoms. The molecule has 40 valence electrons. The first kappa shape index (κ1) is 6.45. The fraction of sp³-hybridized carbons (Fsp3) is 0.800. The Morgan fingerprint density at radius 2 is 2.43 bits per heavy atom. The summed E-state index contributed by atoms with van der Waals surface area (Å²) in [4.78, 5) is 3.22. The van der Waals surface area contributed by atoms with Gasteiger partial charge in [-0.05, 0) is 6.54 Å². The SMILES string of the molecule is [C-]#[N+]C(C)NCC. The van der Waals surface area contributed by atoms with Gasteiger partial charge in [0.2, 0.25) is 0 Å². The predicted molar refractivity (Wildman–Crippen MR) is 29.7 cm³/mol. The zero-order valence-corrected chi connectivity index (χ0v) is 4.73. The molecule has 0 amide bonds. The van der Waals surface area contributed by atoms with E-state index in [-0.39, 0.29) is 6.17 Å². The maximum absolute atomic E-state index is 6.47. The highest BCUT2D eigenvalue weighted by atomic mass is 15.0. The Morgan fingerprint density at radius 1 is 1.86 bits per heavy atom. The summed E-state index contributed by atoms with van der Waals surface area (Å²) in [5.74, 6) is 0. The Bertz CT molecular complexity index is 72.6. The molecule has 7 heavy (non-hydrogen) atoms. The molecule has 0 rings (SSSR count). The van der Waals surface area contributed by atoms with Crippen LogP contribution in [0.3, 0.4) is 0 Å². The van der Waals surface area contributed by atoms with E-state index in [1.807, 2.05) is 13.8 Å². The van der Waals surface area contributed by atoms with E-state index in [1.54, 1.807) is 0 Å². The molecule has 1 N–H and O–H groups in total. The summed E-state index contributed by atoms with van der Waals surface area (Å²) < 4.78 is 0. The van der Waals surface area contributed by atoms with E-state index in [0.717, 1.165) is 6.54 Å². The second-order valence-corrected chi connectivity index (χ2v) is 1.36. The fourth-order valence-corrected chi connectivity index (χ4v) is 0.341. The highest BCUT2D eigenvalue weighted by Gasteiger charge is 1.95. The van der Waals surface area contributed by atoms with Gasteiger partial charge in [0.05, 0.1) is 0 Å². The molecule has 0 aliphatic heterocycles. The second-order valence-electron chi connectivity index (χ2n) is 1.36. The van der Waals surface area contributed by atoms with Crippen LogP contribution in [0.4, 0.5) is 0 Å². The van der Waals surface area contributed by atoms with E-state index in [1.165, 1.54) is 0 Å². The van der Waals surface area contributed by atoms with Crippen molar-refractivity contribution in [3.63, 3.8) is 0 Å². The van der Waals surface area contributed by atoms with Crippen LogP contribution in [0.2, 0.25) is 0 Å². The number of nitrogens with one attached hydrogen (secondary N) is 1. The molecule has 0 aliphatic carbocycles. The second kappa shape index (κ2) is 3.63. The average molecular weight is 98.1 g/mol. The van der Waals surface area contributed by atoms with Gasteiger partial charge in [-0.2, -0.15) is 0 Å². The van der Waals surface area contributed by atoms with Gasteiger partial charge < -0.3 is 0 Å². The van der Waals surface area contributed by atoms with Crippen molar-refractivity contribution in [1.82, 2.24) is 5.32 Å². The maximum Gasteiger partial charge on any atom is 0.274 e. The van der Waals surface area contributed by atoms with Gasteiger partial charge in [-0.15, -0.1) is 0 Å². The first-order valence-electron chi connectivity index (χ1n) is 2.41. The van der Waals surface area contributed by atoms with Crippen molar-refractivity contribution < 1.29 is 0 Å². The van der Waals surface area contributed by atoms with Gasteiger partial charge in [-0.25, -0.2) is 11.9 Å². The molecule has 2 nitrogen and oxygen atoms in total. The predicted octanol–water partition coefficient (Wildman–Crippen LogP) is 0.861. The summed E-state index contributed by atoms with van der Waals surface area (Å²) in [6, 6.07) is 0. The van der Waals surface area contributed by atoms with Crippen molar-refractivity contribution in [2.45, 2.75) is 20.0 Å². The highest BCUT2D eigenvalue weighted by molar-refractivity contribution is 4.67. The van der Waals surface area contributed by atoms with E-state index < -0.39 is 0 Å². The fourth-order valence-electron chi connectivity index (χ4n) is 0.341. The standard InChI is InChI=1S/C5H10N2/c1-4-7-5(2)6-3/h5,7H,4H2,1-2H3. The maximum atomic E-state index is 6.47. The van der Waals surface area contributed by atoms with Crippen molar-refractivity contribution in [1.29, 1.82) is 0 Å². The summed E-state index contributed by atoms with van der Waals surface area (Å²) in [7, 11) is 0. The zero-order chi connectivity index (χ0) is 5.70. The summed E-state index contributed by atoms with van der Waals surface area (Å²) in [6.07, 6.45) is -0.00926. The Morgan fingerprint density at radius 3 is 2.57 bits per heavy atom. The number of rotatable bonds is 2. The molecule has 0 fully saturated rings. The molecule has 0 radical (unpaired) electrons. The van der Waals surface area contributed by atoms with Gasteiger partial charge in [0.1, 0.15) is 0 Å². The van der Waals surface area contributed by atoms with Gasteiger partial charge in [-0.1, -0.05) is 6.92 Å². The molecule has 0 aromatic rings. The Balaban J connectivity index is 3.04. The van der Waals surface area contributed by atoms with E-state index in [4.69, 9.17) is 6.57 Å². The molecule has 0 spiro atoms. The van der Waals surface area contributed by atoms with E-state index in [0.29, 0.717) is 0 Å². The molecule has 0 aromatic heterocycles. The summed E-state index contributed by atoms with van der Waals surface area (Å²) in [5, 5.41) is 2.94. The molecule has 1 atom stereocenters. The molecule has 1 unspecified atom stereocenters. The Labute approximate surface area is 44.4 Å². The quantitative estimate of drug-likeness (QED) is 0.507. The van der Waals surface area contributed by atoms with Crippen LogP contribution in [0.15, 0.2) is 0 Å². The lowest BCUT2D eigenvalue weighted by molar-refractivity contribution is 0.657. The number of hydrogen-bond acceptors (Lipinski definition) is 1. The minimum atomic E-state index is -0.00926.